The molecule has 1 N–H and O–H groups in total. The summed E-state index contributed by atoms with van der Waals surface area (Å²) in [6.45, 7) is 5.70. The Morgan fingerprint density at radius 3 is 2.50 bits per heavy atom. The first-order valence-electron chi connectivity index (χ1n) is 7.24. The summed E-state index contributed by atoms with van der Waals surface area (Å²) in [5.74, 6) is 0.809. The van der Waals surface area contributed by atoms with Gasteiger partial charge in [-0.1, -0.05) is 17.7 Å². The van der Waals surface area contributed by atoms with Crippen molar-refractivity contribution in [3.05, 3.63) is 50.7 Å². The lowest BCUT2D eigenvalue weighted by molar-refractivity contribution is 0.0746. The van der Waals surface area contributed by atoms with Crippen LogP contribution in [-0.2, 0) is 6.54 Å². The van der Waals surface area contributed by atoms with Crippen molar-refractivity contribution in [1.82, 2.24) is 4.90 Å². The molecule has 0 fully saturated rings. The Balaban J connectivity index is 1.78. The number of rotatable bonds is 7. The van der Waals surface area contributed by atoms with Gasteiger partial charge in [-0.2, -0.15) is 0 Å². The summed E-state index contributed by atoms with van der Waals surface area (Å²) in [7, 11) is 1.98. The lowest BCUT2D eigenvalue weighted by atomic mass is 10.1. The number of benzene rings is 1. The SMILES string of the molecule is Cc1cc(C)cc(OCC(O)CN(C)Cc2ccc(Cl)s2)c1. The summed E-state index contributed by atoms with van der Waals surface area (Å²) in [6.07, 6.45) is -0.527. The Hall–Kier alpha value is -1.07. The molecule has 0 aliphatic rings. The zero-order chi connectivity index (χ0) is 16.1. The second-order valence-corrected chi connectivity index (χ2v) is 7.49. The number of aryl methyl sites for hydroxylation is 2. The molecule has 2 rings (SSSR count). The minimum Gasteiger partial charge on any atom is -0.491 e. The number of nitrogens with zero attached hydrogens (tertiary/aromatic N) is 1. The average molecular weight is 340 g/mol. The quantitative estimate of drug-likeness (QED) is 0.830. The molecule has 1 aromatic heterocycles. The van der Waals surface area contributed by atoms with E-state index in [1.54, 1.807) is 11.3 Å². The molecule has 0 aliphatic carbocycles. The summed E-state index contributed by atoms with van der Waals surface area (Å²) in [5.41, 5.74) is 2.33. The zero-order valence-corrected chi connectivity index (χ0v) is 14.7. The van der Waals surface area contributed by atoms with Crippen molar-refractivity contribution in [2.75, 3.05) is 20.2 Å². The fourth-order valence-electron chi connectivity index (χ4n) is 2.39. The van der Waals surface area contributed by atoms with Crippen LogP contribution in [0.5, 0.6) is 5.75 Å². The zero-order valence-electron chi connectivity index (χ0n) is 13.2. The van der Waals surface area contributed by atoms with Gasteiger partial charge in [0.1, 0.15) is 18.5 Å². The van der Waals surface area contributed by atoms with Crippen LogP contribution in [0.4, 0.5) is 0 Å². The number of ether oxygens (including phenoxy) is 1. The average Bonchev–Trinajstić information content (AvgIpc) is 2.80. The number of likely N-dealkylation sites (N-methyl/N-ethyl adjacent to an activating group) is 1. The van der Waals surface area contributed by atoms with E-state index in [1.807, 2.05) is 45.2 Å². The molecule has 0 saturated heterocycles. The largest absolute Gasteiger partial charge is 0.491 e. The van der Waals surface area contributed by atoms with Gasteiger partial charge in [-0.15, -0.1) is 11.3 Å². The minimum absolute atomic E-state index is 0.290. The molecule has 3 nitrogen and oxygen atoms in total. The molecule has 120 valence electrons. The maximum atomic E-state index is 10.1. The lowest BCUT2D eigenvalue weighted by Gasteiger charge is -2.20. The molecule has 5 heteroatoms. The van der Waals surface area contributed by atoms with E-state index in [9.17, 15) is 5.11 Å². The Morgan fingerprint density at radius 1 is 1.23 bits per heavy atom. The highest BCUT2D eigenvalue weighted by molar-refractivity contribution is 7.16. The van der Waals surface area contributed by atoms with Crippen LogP contribution in [0, 0.1) is 13.8 Å². The molecule has 1 aromatic carbocycles. The van der Waals surface area contributed by atoms with Crippen LogP contribution in [0.1, 0.15) is 16.0 Å². The molecular formula is C17H22ClNO2S. The molecule has 0 amide bonds. The van der Waals surface area contributed by atoms with Crippen LogP contribution in [0.15, 0.2) is 30.3 Å². The molecule has 1 atom stereocenters. The number of hydrogen-bond acceptors (Lipinski definition) is 4. The molecule has 1 unspecified atom stereocenters. The number of aliphatic hydroxyl groups is 1. The second kappa shape index (κ2) is 7.97. The summed E-state index contributed by atoms with van der Waals surface area (Å²) in [6, 6.07) is 9.98. The fourth-order valence-corrected chi connectivity index (χ4v) is 3.56. The van der Waals surface area contributed by atoms with Gasteiger partial charge in [0, 0.05) is 18.0 Å². The van der Waals surface area contributed by atoms with Crippen LogP contribution in [0.25, 0.3) is 0 Å². The van der Waals surface area contributed by atoms with Crippen molar-refractivity contribution in [3.8, 4) is 5.75 Å². The minimum atomic E-state index is -0.527. The highest BCUT2D eigenvalue weighted by atomic mass is 35.5. The number of hydrogen-bond donors (Lipinski definition) is 1. The van der Waals surface area contributed by atoms with Gasteiger partial charge < -0.3 is 9.84 Å². The Kier molecular flexibility index (Phi) is 6.26. The fraction of sp³-hybridized carbons (Fsp3) is 0.412. The molecule has 1 heterocycles. The molecule has 0 spiro atoms. The molecule has 2 aromatic rings. The van der Waals surface area contributed by atoms with Gasteiger partial charge in [-0.05, 0) is 56.3 Å². The topological polar surface area (TPSA) is 32.7 Å². The summed E-state index contributed by atoms with van der Waals surface area (Å²) < 4.78 is 6.48. The first kappa shape index (κ1) is 17.3. The van der Waals surface area contributed by atoms with E-state index >= 15 is 0 Å². The summed E-state index contributed by atoms with van der Waals surface area (Å²) >= 11 is 7.49. The van der Waals surface area contributed by atoms with Crippen molar-refractivity contribution in [2.45, 2.75) is 26.5 Å². The number of aliphatic hydroxyl groups excluding tert-OH is 1. The normalized spacial score (nSPS) is 12.6. The van der Waals surface area contributed by atoms with E-state index in [-0.39, 0.29) is 0 Å². The molecule has 0 aliphatic heterocycles. The van der Waals surface area contributed by atoms with Gasteiger partial charge in [0.05, 0.1) is 4.34 Å². The van der Waals surface area contributed by atoms with Crippen LogP contribution < -0.4 is 4.74 Å². The third kappa shape index (κ3) is 5.61. The monoisotopic (exact) mass is 339 g/mol. The van der Waals surface area contributed by atoms with Crippen molar-refractivity contribution in [1.29, 1.82) is 0 Å². The Bertz CT molecular complexity index is 594. The molecular weight excluding hydrogens is 318 g/mol. The van der Waals surface area contributed by atoms with Crippen molar-refractivity contribution in [2.24, 2.45) is 0 Å². The van der Waals surface area contributed by atoms with E-state index in [2.05, 4.69) is 11.0 Å². The van der Waals surface area contributed by atoms with E-state index in [4.69, 9.17) is 16.3 Å². The molecule has 0 radical (unpaired) electrons. The number of thiophene rings is 1. The van der Waals surface area contributed by atoms with Gasteiger partial charge in [-0.3, -0.25) is 4.90 Å². The van der Waals surface area contributed by atoms with Crippen LogP contribution in [0.3, 0.4) is 0 Å². The summed E-state index contributed by atoms with van der Waals surface area (Å²) in [5, 5.41) is 10.1. The van der Waals surface area contributed by atoms with Crippen molar-refractivity contribution in [3.63, 3.8) is 0 Å². The van der Waals surface area contributed by atoms with Crippen molar-refractivity contribution < 1.29 is 9.84 Å². The third-order valence-electron chi connectivity index (χ3n) is 3.21. The predicted molar refractivity (Wildman–Crippen MR) is 93.1 cm³/mol. The Labute approximate surface area is 141 Å². The van der Waals surface area contributed by atoms with Gasteiger partial charge in [0.2, 0.25) is 0 Å². The number of halogens is 1. The third-order valence-corrected chi connectivity index (χ3v) is 4.43. The molecule has 22 heavy (non-hydrogen) atoms. The van der Waals surface area contributed by atoms with Gasteiger partial charge in [0.25, 0.3) is 0 Å². The van der Waals surface area contributed by atoms with Gasteiger partial charge in [0.15, 0.2) is 0 Å². The van der Waals surface area contributed by atoms with Crippen LogP contribution >= 0.6 is 22.9 Å². The smallest absolute Gasteiger partial charge is 0.119 e. The highest BCUT2D eigenvalue weighted by Gasteiger charge is 2.11. The van der Waals surface area contributed by atoms with Crippen molar-refractivity contribution >= 4 is 22.9 Å². The van der Waals surface area contributed by atoms with Gasteiger partial charge >= 0.3 is 0 Å². The van der Waals surface area contributed by atoms with E-state index in [1.165, 1.54) is 4.88 Å². The predicted octanol–water partition coefficient (Wildman–Crippen LogP) is 3.89. The molecule has 0 saturated carbocycles. The maximum absolute atomic E-state index is 10.1. The first-order valence-corrected chi connectivity index (χ1v) is 8.44. The second-order valence-electron chi connectivity index (χ2n) is 5.69. The van der Waals surface area contributed by atoms with E-state index in [0.29, 0.717) is 13.2 Å². The maximum Gasteiger partial charge on any atom is 0.119 e. The van der Waals surface area contributed by atoms with E-state index in [0.717, 1.165) is 27.8 Å². The molecule has 0 bridgehead atoms. The Morgan fingerprint density at radius 2 is 1.91 bits per heavy atom. The van der Waals surface area contributed by atoms with Gasteiger partial charge in [-0.25, -0.2) is 0 Å². The lowest BCUT2D eigenvalue weighted by Crippen LogP contribution is -2.32. The van der Waals surface area contributed by atoms with E-state index < -0.39 is 6.10 Å². The highest BCUT2D eigenvalue weighted by Crippen LogP contribution is 2.22. The summed E-state index contributed by atoms with van der Waals surface area (Å²) in [4.78, 5) is 3.26. The first-order chi connectivity index (χ1) is 10.4. The van der Waals surface area contributed by atoms with Crippen LogP contribution in [-0.4, -0.2) is 36.3 Å². The standard InChI is InChI=1S/C17H22ClNO2S/c1-12-6-13(2)8-15(7-12)21-11-14(20)9-19(3)10-16-4-5-17(18)22-16/h4-8,14,20H,9-11H2,1-3H3. The van der Waals surface area contributed by atoms with Crippen LogP contribution in [0.2, 0.25) is 4.34 Å².